The number of nitrogens with zero attached hydrogens (tertiary/aromatic N) is 2. The lowest BCUT2D eigenvalue weighted by molar-refractivity contribution is 0.414. The fourth-order valence-corrected chi connectivity index (χ4v) is 2.50. The quantitative estimate of drug-likeness (QED) is 0.351. The molecule has 2 aromatic heterocycles. The Morgan fingerprint density at radius 3 is 2.88 bits per heavy atom. The summed E-state index contributed by atoms with van der Waals surface area (Å²) in [6.45, 7) is 4.80. The van der Waals surface area contributed by atoms with Crippen molar-refractivity contribution in [2.75, 3.05) is 19.1 Å². The van der Waals surface area contributed by atoms with Crippen molar-refractivity contribution in [2.45, 2.75) is 6.54 Å². The second-order valence-corrected chi connectivity index (χ2v) is 5.24. The van der Waals surface area contributed by atoms with E-state index in [-0.39, 0.29) is 5.56 Å². The van der Waals surface area contributed by atoms with Gasteiger partial charge in [0.2, 0.25) is 0 Å². The molecule has 0 atom stereocenters. The molecular formula is C17H19N5O2. The van der Waals surface area contributed by atoms with Gasteiger partial charge in [0.1, 0.15) is 16.8 Å². The highest BCUT2D eigenvalue weighted by Gasteiger charge is 2.13. The number of fused-ring (bicyclic) bond motifs is 1. The topological polar surface area (TPSA) is 84.0 Å². The summed E-state index contributed by atoms with van der Waals surface area (Å²) >= 11 is 0. The Labute approximate surface area is 139 Å². The molecule has 0 aliphatic carbocycles. The van der Waals surface area contributed by atoms with Gasteiger partial charge in [-0.1, -0.05) is 18.2 Å². The van der Waals surface area contributed by atoms with Crippen LogP contribution in [0, 0.1) is 0 Å². The van der Waals surface area contributed by atoms with E-state index in [2.05, 4.69) is 27.4 Å². The Kier molecular flexibility index (Phi) is 4.62. The van der Waals surface area contributed by atoms with Crippen LogP contribution in [0.3, 0.4) is 0 Å². The zero-order valence-corrected chi connectivity index (χ0v) is 13.4. The monoisotopic (exact) mass is 325 g/mol. The third-order valence-electron chi connectivity index (χ3n) is 3.64. The van der Waals surface area contributed by atoms with Gasteiger partial charge in [0.05, 0.1) is 19.1 Å². The van der Waals surface area contributed by atoms with Gasteiger partial charge in [-0.2, -0.15) is 0 Å². The SMILES string of the molecule is C=CCNNc1cn(Cc2ccc(OC)cc2)c2c(=O)[nH]cnc12. The summed E-state index contributed by atoms with van der Waals surface area (Å²) in [5.41, 5.74) is 8.83. The fraction of sp³-hybridized carbons (Fsp3) is 0.176. The van der Waals surface area contributed by atoms with Crippen molar-refractivity contribution in [3.05, 3.63) is 65.4 Å². The predicted molar refractivity (Wildman–Crippen MR) is 94.3 cm³/mol. The van der Waals surface area contributed by atoms with E-state index in [1.54, 1.807) is 13.2 Å². The van der Waals surface area contributed by atoms with Gasteiger partial charge >= 0.3 is 0 Å². The molecule has 3 rings (SSSR count). The van der Waals surface area contributed by atoms with Crippen molar-refractivity contribution in [1.82, 2.24) is 20.0 Å². The summed E-state index contributed by atoms with van der Waals surface area (Å²) in [7, 11) is 1.63. The highest BCUT2D eigenvalue weighted by atomic mass is 16.5. The van der Waals surface area contributed by atoms with Crippen LogP contribution in [0.1, 0.15) is 5.56 Å². The second-order valence-electron chi connectivity index (χ2n) is 5.24. The first-order valence-corrected chi connectivity index (χ1v) is 7.52. The van der Waals surface area contributed by atoms with Gasteiger partial charge in [-0.15, -0.1) is 6.58 Å². The van der Waals surface area contributed by atoms with E-state index < -0.39 is 0 Å². The first-order valence-electron chi connectivity index (χ1n) is 7.52. The summed E-state index contributed by atoms with van der Waals surface area (Å²) in [5, 5.41) is 0. The number of H-pyrrole nitrogens is 1. The van der Waals surface area contributed by atoms with Crippen molar-refractivity contribution >= 4 is 16.7 Å². The highest BCUT2D eigenvalue weighted by Crippen LogP contribution is 2.22. The average Bonchev–Trinajstić information content (AvgIpc) is 2.95. The van der Waals surface area contributed by atoms with E-state index in [0.29, 0.717) is 24.1 Å². The third kappa shape index (κ3) is 3.16. The smallest absolute Gasteiger partial charge is 0.275 e. The maximum atomic E-state index is 12.2. The standard InChI is InChI=1S/C17H19N5O2/c1-3-8-20-21-14-10-22(16-15(14)18-11-19-17(16)23)9-12-4-6-13(24-2)7-5-12/h3-7,10-11,20-21H,1,8-9H2,2H3,(H,18,19,23). The molecule has 0 unspecified atom stereocenters. The molecule has 2 heterocycles. The van der Waals surface area contributed by atoms with Crippen molar-refractivity contribution in [1.29, 1.82) is 0 Å². The van der Waals surface area contributed by atoms with Crippen LogP contribution in [0.5, 0.6) is 5.75 Å². The third-order valence-corrected chi connectivity index (χ3v) is 3.64. The number of rotatable bonds is 7. The van der Waals surface area contributed by atoms with Crippen LogP contribution in [0.25, 0.3) is 11.0 Å². The lowest BCUT2D eigenvalue weighted by Gasteiger charge is -2.06. The maximum absolute atomic E-state index is 12.2. The lowest BCUT2D eigenvalue weighted by atomic mass is 10.2. The Hall–Kier alpha value is -3.06. The molecule has 1 aromatic carbocycles. The Bertz CT molecular complexity index is 895. The van der Waals surface area contributed by atoms with Crippen molar-refractivity contribution < 1.29 is 4.74 Å². The molecule has 0 saturated carbocycles. The second kappa shape index (κ2) is 7.01. The van der Waals surface area contributed by atoms with Crippen molar-refractivity contribution in [3.63, 3.8) is 0 Å². The summed E-state index contributed by atoms with van der Waals surface area (Å²) in [6, 6.07) is 7.74. The van der Waals surface area contributed by atoms with Crippen LogP contribution < -0.4 is 21.1 Å². The largest absolute Gasteiger partial charge is 0.497 e. The van der Waals surface area contributed by atoms with Crippen molar-refractivity contribution in [3.8, 4) is 5.75 Å². The molecule has 0 bridgehead atoms. The van der Waals surface area contributed by atoms with Gasteiger partial charge in [0.15, 0.2) is 0 Å². The molecular weight excluding hydrogens is 306 g/mol. The maximum Gasteiger partial charge on any atom is 0.275 e. The summed E-state index contributed by atoms with van der Waals surface area (Å²) in [5.74, 6) is 0.798. The zero-order valence-electron chi connectivity index (χ0n) is 13.4. The number of hydrogen-bond acceptors (Lipinski definition) is 5. The van der Waals surface area contributed by atoms with Crippen LogP contribution in [-0.2, 0) is 6.54 Å². The molecule has 24 heavy (non-hydrogen) atoms. The molecule has 0 aliphatic rings. The summed E-state index contributed by atoms with van der Waals surface area (Å²) in [6.07, 6.45) is 5.01. The lowest BCUT2D eigenvalue weighted by Crippen LogP contribution is -2.21. The number of hydrazine groups is 1. The van der Waals surface area contributed by atoms with E-state index in [1.165, 1.54) is 6.33 Å². The van der Waals surface area contributed by atoms with Crippen LogP contribution in [-0.4, -0.2) is 28.2 Å². The molecule has 124 valence electrons. The Balaban J connectivity index is 1.96. The predicted octanol–water partition coefficient (Wildman–Crippen LogP) is 1.88. The first kappa shape index (κ1) is 15.8. The first-order chi connectivity index (χ1) is 11.7. The fourth-order valence-electron chi connectivity index (χ4n) is 2.50. The van der Waals surface area contributed by atoms with E-state index in [1.807, 2.05) is 35.0 Å². The molecule has 0 saturated heterocycles. The zero-order chi connectivity index (χ0) is 16.9. The number of aromatic amines is 1. The number of aromatic nitrogens is 3. The van der Waals surface area contributed by atoms with E-state index in [0.717, 1.165) is 17.0 Å². The molecule has 7 heteroatoms. The van der Waals surface area contributed by atoms with E-state index in [9.17, 15) is 4.79 Å². The Morgan fingerprint density at radius 2 is 2.17 bits per heavy atom. The van der Waals surface area contributed by atoms with Crippen molar-refractivity contribution in [2.24, 2.45) is 0 Å². The van der Waals surface area contributed by atoms with E-state index in [4.69, 9.17) is 4.74 Å². The summed E-state index contributed by atoms with van der Waals surface area (Å²) < 4.78 is 7.05. The minimum absolute atomic E-state index is 0.176. The molecule has 0 radical (unpaired) electrons. The molecule has 0 fully saturated rings. The molecule has 0 aliphatic heterocycles. The van der Waals surface area contributed by atoms with Gasteiger partial charge in [-0.05, 0) is 17.7 Å². The number of methoxy groups -OCH3 is 1. The molecule has 3 aromatic rings. The summed E-state index contributed by atoms with van der Waals surface area (Å²) in [4.78, 5) is 19.1. The molecule has 3 N–H and O–H groups in total. The van der Waals surface area contributed by atoms with Crippen LogP contribution in [0.2, 0.25) is 0 Å². The average molecular weight is 325 g/mol. The van der Waals surface area contributed by atoms with Crippen LogP contribution in [0.15, 0.2) is 54.2 Å². The number of ether oxygens (including phenoxy) is 1. The van der Waals surface area contributed by atoms with Gasteiger partial charge in [0.25, 0.3) is 5.56 Å². The number of hydrogen-bond donors (Lipinski definition) is 3. The van der Waals surface area contributed by atoms with Gasteiger partial charge in [-0.3, -0.25) is 4.79 Å². The molecule has 7 nitrogen and oxygen atoms in total. The molecule has 0 spiro atoms. The number of benzene rings is 1. The molecule has 0 amide bonds. The minimum Gasteiger partial charge on any atom is -0.497 e. The number of nitrogens with one attached hydrogen (secondary N) is 3. The van der Waals surface area contributed by atoms with E-state index >= 15 is 0 Å². The van der Waals surface area contributed by atoms with Crippen LogP contribution in [0.4, 0.5) is 5.69 Å². The number of anilines is 1. The normalized spacial score (nSPS) is 10.7. The van der Waals surface area contributed by atoms with Gasteiger partial charge in [-0.25, -0.2) is 10.4 Å². The Morgan fingerprint density at radius 1 is 1.38 bits per heavy atom. The van der Waals surface area contributed by atoms with Gasteiger partial charge in [0, 0.05) is 19.3 Å². The minimum atomic E-state index is -0.176. The highest BCUT2D eigenvalue weighted by molar-refractivity contribution is 5.88. The van der Waals surface area contributed by atoms with Crippen LogP contribution >= 0.6 is 0 Å². The van der Waals surface area contributed by atoms with Gasteiger partial charge < -0.3 is 19.7 Å².